The summed E-state index contributed by atoms with van der Waals surface area (Å²) < 4.78 is 36.9. The summed E-state index contributed by atoms with van der Waals surface area (Å²) in [7, 11) is 2.99. The molecular formula is C16H14F2O3. The Morgan fingerprint density at radius 1 is 1.05 bits per heavy atom. The molecule has 21 heavy (non-hydrogen) atoms. The average molecular weight is 292 g/mol. The quantitative estimate of drug-likeness (QED) is 0.792. The second-order valence-corrected chi connectivity index (χ2v) is 4.39. The largest absolute Gasteiger partial charge is 0.493 e. The Labute approximate surface area is 121 Å². The third-order valence-corrected chi connectivity index (χ3v) is 3.06. The Bertz CT molecular complexity index is 669. The smallest absolute Gasteiger partial charge is 0.170 e. The summed E-state index contributed by atoms with van der Waals surface area (Å²) >= 11 is 0. The van der Waals surface area contributed by atoms with Gasteiger partial charge in [-0.3, -0.25) is 4.79 Å². The third kappa shape index (κ3) is 3.18. The van der Waals surface area contributed by atoms with Gasteiger partial charge in [0.1, 0.15) is 0 Å². The fourth-order valence-electron chi connectivity index (χ4n) is 1.99. The van der Waals surface area contributed by atoms with Crippen molar-refractivity contribution >= 4 is 5.78 Å². The van der Waals surface area contributed by atoms with E-state index in [4.69, 9.17) is 9.47 Å². The van der Waals surface area contributed by atoms with Crippen LogP contribution in [0.2, 0.25) is 0 Å². The van der Waals surface area contributed by atoms with Crippen molar-refractivity contribution in [2.75, 3.05) is 14.2 Å². The summed E-state index contributed by atoms with van der Waals surface area (Å²) in [6, 6.07) is 8.51. The number of methoxy groups -OCH3 is 2. The predicted molar refractivity (Wildman–Crippen MR) is 73.9 cm³/mol. The molecule has 0 saturated heterocycles. The summed E-state index contributed by atoms with van der Waals surface area (Å²) in [5.74, 6) is -1.65. The number of ketones is 1. The fraction of sp³-hybridized carbons (Fsp3) is 0.188. The molecule has 0 aromatic heterocycles. The highest BCUT2D eigenvalue weighted by molar-refractivity contribution is 5.97. The zero-order valence-corrected chi connectivity index (χ0v) is 11.7. The molecule has 3 nitrogen and oxygen atoms in total. The SMILES string of the molecule is COc1ccc(CC(=O)c2cccc(F)c2F)cc1OC. The van der Waals surface area contributed by atoms with Gasteiger partial charge < -0.3 is 9.47 Å². The number of rotatable bonds is 5. The van der Waals surface area contributed by atoms with Gasteiger partial charge in [-0.2, -0.15) is 0 Å². The monoisotopic (exact) mass is 292 g/mol. The first kappa shape index (κ1) is 15.0. The lowest BCUT2D eigenvalue weighted by Gasteiger charge is -2.09. The van der Waals surface area contributed by atoms with E-state index in [2.05, 4.69) is 0 Å². The number of Topliss-reactive ketones (excluding diaryl/α,β-unsaturated/α-hetero) is 1. The molecule has 0 N–H and O–H groups in total. The molecule has 0 aliphatic carbocycles. The van der Waals surface area contributed by atoms with E-state index in [9.17, 15) is 13.6 Å². The molecule has 0 saturated carbocycles. The molecule has 0 unspecified atom stereocenters. The molecule has 2 rings (SSSR count). The van der Waals surface area contributed by atoms with Gasteiger partial charge in [0, 0.05) is 6.42 Å². The van der Waals surface area contributed by atoms with Gasteiger partial charge in [0.25, 0.3) is 0 Å². The van der Waals surface area contributed by atoms with Crippen molar-refractivity contribution in [1.29, 1.82) is 0 Å². The summed E-state index contributed by atoms with van der Waals surface area (Å²) in [6.07, 6.45) is -0.0548. The lowest BCUT2D eigenvalue weighted by atomic mass is 10.0. The van der Waals surface area contributed by atoms with Gasteiger partial charge in [-0.1, -0.05) is 12.1 Å². The number of carbonyl (C=O) groups is 1. The average Bonchev–Trinajstić information content (AvgIpc) is 2.49. The lowest BCUT2D eigenvalue weighted by molar-refractivity contribution is 0.0988. The number of ether oxygens (including phenoxy) is 2. The van der Waals surface area contributed by atoms with E-state index in [1.54, 1.807) is 18.2 Å². The molecule has 0 atom stereocenters. The summed E-state index contributed by atoms with van der Waals surface area (Å²) in [5.41, 5.74) is 0.367. The van der Waals surface area contributed by atoms with Crippen LogP contribution in [-0.4, -0.2) is 20.0 Å². The first-order valence-corrected chi connectivity index (χ1v) is 6.25. The van der Waals surface area contributed by atoms with Crippen molar-refractivity contribution in [1.82, 2.24) is 0 Å². The first-order valence-electron chi connectivity index (χ1n) is 6.25. The van der Waals surface area contributed by atoms with E-state index in [1.165, 1.54) is 26.4 Å². The lowest BCUT2D eigenvalue weighted by Crippen LogP contribution is -2.07. The molecule has 0 aliphatic rings. The van der Waals surface area contributed by atoms with E-state index in [1.807, 2.05) is 0 Å². The maximum absolute atomic E-state index is 13.6. The highest BCUT2D eigenvalue weighted by Gasteiger charge is 2.16. The second-order valence-electron chi connectivity index (χ2n) is 4.39. The highest BCUT2D eigenvalue weighted by Crippen LogP contribution is 2.28. The van der Waals surface area contributed by atoms with Crippen molar-refractivity contribution in [3.63, 3.8) is 0 Å². The minimum absolute atomic E-state index is 0.0548. The molecule has 0 amide bonds. The van der Waals surface area contributed by atoms with Gasteiger partial charge in [0.2, 0.25) is 0 Å². The second kappa shape index (κ2) is 6.35. The van der Waals surface area contributed by atoms with E-state index in [0.29, 0.717) is 17.1 Å². The zero-order chi connectivity index (χ0) is 15.4. The molecule has 5 heteroatoms. The maximum Gasteiger partial charge on any atom is 0.170 e. The number of halogens is 2. The van der Waals surface area contributed by atoms with Crippen LogP contribution in [0.3, 0.4) is 0 Å². The van der Waals surface area contributed by atoms with Crippen LogP contribution in [0, 0.1) is 11.6 Å². The first-order chi connectivity index (χ1) is 10.1. The van der Waals surface area contributed by atoms with Gasteiger partial charge in [-0.25, -0.2) is 8.78 Å². The third-order valence-electron chi connectivity index (χ3n) is 3.06. The molecular weight excluding hydrogens is 278 g/mol. The van der Waals surface area contributed by atoms with Crippen LogP contribution in [0.15, 0.2) is 36.4 Å². The normalized spacial score (nSPS) is 10.3. The van der Waals surface area contributed by atoms with Gasteiger partial charge in [-0.05, 0) is 29.8 Å². The molecule has 2 aromatic rings. The standard InChI is InChI=1S/C16H14F2O3/c1-20-14-7-6-10(9-15(14)21-2)8-13(19)11-4-3-5-12(17)16(11)18/h3-7,9H,8H2,1-2H3. The van der Waals surface area contributed by atoms with E-state index in [0.717, 1.165) is 6.07 Å². The molecule has 0 aliphatic heterocycles. The van der Waals surface area contributed by atoms with Crippen LogP contribution < -0.4 is 9.47 Å². The molecule has 0 radical (unpaired) electrons. The Hall–Kier alpha value is -2.43. The Balaban J connectivity index is 2.25. The summed E-state index contributed by atoms with van der Waals surface area (Å²) in [5, 5.41) is 0. The Morgan fingerprint density at radius 2 is 1.76 bits per heavy atom. The molecule has 0 spiro atoms. The van der Waals surface area contributed by atoms with Crippen LogP contribution in [0.5, 0.6) is 11.5 Å². The topological polar surface area (TPSA) is 35.5 Å². The Kier molecular flexibility index (Phi) is 4.52. The zero-order valence-electron chi connectivity index (χ0n) is 11.7. The van der Waals surface area contributed by atoms with E-state index >= 15 is 0 Å². The molecule has 0 fully saturated rings. The van der Waals surface area contributed by atoms with Crippen molar-refractivity contribution in [2.24, 2.45) is 0 Å². The summed E-state index contributed by atoms with van der Waals surface area (Å²) in [4.78, 5) is 12.1. The number of carbonyl (C=O) groups excluding carboxylic acids is 1. The molecule has 2 aromatic carbocycles. The number of benzene rings is 2. The fourth-order valence-corrected chi connectivity index (χ4v) is 1.99. The minimum atomic E-state index is -1.12. The maximum atomic E-state index is 13.6. The molecule has 110 valence electrons. The summed E-state index contributed by atoms with van der Waals surface area (Å²) in [6.45, 7) is 0. The van der Waals surface area contributed by atoms with E-state index in [-0.39, 0.29) is 12.0 Å². The number of hydrogen-bond donors (Lipinski definition) is 0. The van der Waals surface area contributed by atoms with Gasteiger partial charge in [-0.15, -0.1) is 0 Å². The van der Waals surface area contributed by atoms with Crippen molar-refractivity contribution < 1.29 is 23.0 Å². The van der Waals surface area contributed by atoms with Crippen LogP contribution >= 0.6 is 0 Å². The van der Waals surface area contributed by atoms with Gasteiger partial charge in [0.05, 0.1) is 19.8 Å². The van der Waals surface area contributed by atoms with Crippen LogP contribution in [0.1, 0.15) is 15.9 Å². The van der Waals surface area contributed by atoms with Gasteiger partial charge in [0.15, 0.2) is 28.9 Å². The Morgan fingerprint density at radius 3 is 2.43 bits per heavy atom. The van der Waals surface area contributed by atoms with E-state index < -0.39 is 17.4 Å². The minimum Gasteiger partial charge on any atom is -0.493 e. The van der Waals surface area contributed by atoms with Crippen LogP contribution in [0.4, 0.5) is 8.78 Å². The highest BCUT2D eigenvalue weighted by atomic mass is 19.2. The van der Waals surface area contributed by atoms with Crippen molar-refractivity contribution in [3.05, 3.63) is 59.2 Å². The number of hydrogen-bond acceptors (Lipinski definition) is 3. The molecule has 0 heterocycles. The van der Waals surface area contributed by atoms with Crippen molar-refractivity contribution in [2.45, 2.75) is 6.42 Å². The van der Waals surface area contributed by atoms with Crippen molar-refractivity contribution in [3.8, 4) is 11.5 Å². The predicted octanol–water partition coefficient (Wildman–Crippen LogP) is 3.41. The van der Waals surface area contributed by atoms with Gasteiger partial charge >= 0.3 is 0 Å². The van der Waals surface area contributed by atoms with Crippen LogP contribution in [-0.2, 0) is 6.42 Å². The van der Waals surface area contributed by atoms with Crippen LogP contribution in [0.25, 0.3) is 0 Å². The molecule has 0 bridgehead atoms.